The molecule has 10 heteroatoms. The number of allylic oxidation sites excluding steroid dienone is 1. The number of aliphatic hydroxyl groups excluding tert-OH is 3. The zero-order valence-electron chi connectivity index (χ0n) is 10.4. The number of hydrogen-bond donors (Lipinski definition) is 3. The highest BCUT2D eigenvalue weighted by molar-refractivity contribution is 6.44. The van der Waals surface area contributed by atoms with E-state index in [1.54, 1.807) is 0 Å². The van der Waals surface area contributed by atoms with Gasteiger partial charge in [0, 0.05) is 6.20 Å². The highest BCUT2D eigenvalue weighted by Crippen LogP contribution is 2.38. The largest absolute Gasteiger partial charge is 0.393 e. The molecule has 2 aliphatic rings. The van der Waals surface area contributed by atoms with Crippen molar-refractivity contribution in [1.82, 2.24) is 4.90 Å². The van der Waals surface area contributed by atoms with E-state index in [4.69, 9.17) is 21.4 Å². The molecule has 2 rings (SSSR count). The first-order chi connectivity index (χ1) is 9.74. The quantitative estimate of drug-likeness (QED) is 0.571. The molecule has 0 spiro atoms. The molecule has 0 aliphatic carbocycles. The van der Waals surface area contributed by atoms with Crippen LogP contribution in [0.25, 0.3) is 0 Å². The van der Waals surface area contributed by atoms with Crippen molar-refractivity contribution in [3.63, 3.8) is 0 Å². The molecule has 0 aromatic carbocycles. The van der Waals surface area contributed by atoms with Gasteiger partial charge in [0.2, 0.25) is 5.91 Å². The first-order valence-electron chi connectivity index (χ1n) is 5.89. The summed E-state index contributed by atoms with van der Waals surface area (Å²) < 4.78 is 30.9. The average molecular weight is 328 g/mol. The molecule has 1 amide bonds. The second kappa shape index (κ2) is 5.58. The number of ketones is 1. The minimum absolute atomic E-state index is 0.335. The van der Waals surface area contributed by atoms with Gasteiger partial charge in [0.1, 0.15) is 17.2 Å². The molecule has 3 N–H and O–H groups in total. The Kier molecular flexibility index (Phi) is 4.31. The number of carbonyl (C=O) groups excluding carboxylic acids is 2. The predicted octanol–water partition coefficient (Wildman–Crippen LogP) is -1.06. The van der Waals surface area contributed by atoms with Crippen LogP contribution in [-0.2, 0) is 14.3 Å². The fraction of sp³-hybridized carbons (Fsp3) is 0.636. The van der Waals surface area contributed by atoms with Gasteiger partial charge >= 0.3 is 0 Å². The Bertz CT molecular complexity index is 501. The normalized spacial score (nSPS) is 37.4. The Morgan fingerprint density at radius 2 is 2.10 bits per heavy atom. The van der Waals surface area contributed by atoms with Gasteiger partial charge in [0.25, 0.3) is 6.43 Å². The molecule has 118 valence electrons. The average Bonchev–Trinajstić information content (AvgIpc) is 2.68. The fourth-order valence-electron chi connectivity index (χ4n) is 2.21. The molecule has 2 heterocycles. The van der Waals surface area contributed by atoms with Gasteiger partial charge < -0.3 is 20.1 Å². The van der Waals surface area contributed by atoms with Crippen LogP contribution in [0.4, 0.5) is 8.78 Å². The minimum Gasteiger partial charge on any atom is -0.393 e. The third-order valence-electron chi connectivity index (χ3n) is 3.47. The van der Waals surface area contributed by atoms with E-state index >= 15 is 0 Å². The van der Waals surface area contributed by atoms with Gasteiger partial charge in [0.05, 0.1) is 13.0 Å². The maximum Gasteiger partial charge on any atom is 0.272 e. The summed E-state index contributed by atoms with van der Waals surface area (Å²) in [6.45, 7) is -1.27. The Morgan fingerprint density at radius 3 is 2.57 bits per heavy atom. The maximum absolute atomic E-state index is 13.0. The first-order valence-corrected chi connectivity index (χ1v) is 6.27. The fourth-order valence-corrected chi connectivity index (χ4v) is 2.38. The van der Waals surface area contributed by atoms with Crippen LogP contribution in [-0.4, -0.2) is 69.0 Å². The summed E-state index contributed by atoms with van der Waals surface area (Å²) in [5.74, 6) is -1.49. The lowest BCUT2D eigenvalue weighted by Crippen LogP contribution is -2.52. The van der Waals surface area contributed by atoms with Gasteiger partial charge in [-0.3, -0.25) is 14.5 Å². The lowest BCUT2D eigenvalue weighted by atomic mass is 9.96. The number of carbonyl (C=O) groups is 2. The van der Waals surface area contributed by atoms with E-state index in [-0.39, 0.29) is 5.03 Å². The Balaban J connectivity index is 2.34. The summed E-state index contributed by atoms with van der Waals surface area (Å²) in [4.78, 5) is 23.6. The van der Waals surface area contributed by atoms with Crippen LogP contribution in [0, 0.1) is 0 Å². The summed E-state index contributed by atoms with van der Waals surface area (Å²) in [6, 6.07) is 0. The van der Waals surface area contributed by atoms with Crippen molar-refractivity contribution in [3.05, 3.63) is 11.2 Å². The molecule has 2 aliphatic heterocycles. The van der Waals surface area contributed by atoms with E-state index in [0.29, 0.717) is 4.90 Å². The number of halogens is 3. The Morgan fingerprint density at radius 1 is 1.48 bits per heavy atom. The lowest BCUT2D eigenvalue weighted by Gasteiger charge is -2.31. The molecule has 0 aromatic rings. The third kappa shape index (κ3) is 2.44. The molecule has 1 saturated heterocycles. The van der Waals surface area contributed by atoms with Crippen LogP contribution in [0.1, 0.15) is 6.42 Å². The van der Waals surface area contributed by atoms with Gasteiger partial charge in [-0.1, -0.05) is 11.6 Å². The molecule has 4 atom stereocenters. The third-order valence-corrected chi connectivity index (χ3v) is 3.77. The highest BCUT2D eigenvalue weighted by Gasteiger charge is 2.61. The standard InChI is InChI=1S/C11H12ClF2NO6/c12-4-2-15(6(18)1-5(4)17)9-7(19)8(20)11(3-16,21-9)10(13)14/h2,7-10,16,19-20H,1,3H2/t7-,8-,9+,11+/m0/s1. The van der Waals surface area contributed by atoms with Crippen molar-refractivity contribution in [3.8, 4) is 0 Å². The summed E-state index contributed by atoms with van der Waals surface area (Å²) in [5, 5.41) is 28.3. The second-order valence-corrected chi connectivity index (χ2v) is 5.14. The number of hydrogen-bond acceptors (Lipinski definition) is 6. The van der Waals surface area contributed by atoms with E-state index in [9.17, 15) is 28.6 Å². The molecule has 0 radical (unpaired) electrons. The topological polar surface area (TPSA) is 107 Å². The number of amides is 1. The Hall–Kier alpha value is -1.13. The molecular weight excluding hydrogens is 316 g/mol. The molecular formula is C11H12ClF2NO6. The van der Waals surface area contributed by atoms with E-state index in [2.05, 4.69) is 0 Å². The van der Waals surface area contributed by atoms with E-state index in [1.807, 2.05) is 0 Å². The smallest absolute Gasteiger partial charge is 0.272 e. The van der Waals surface area contributed by atoms with Crippen LogP contribution in [0.2, 0.25) is 0 Å². The summed E-state index contributed by atoms with van der Waals surface area (Å²) >= 11 is 5.58. The lowest BCUT2D eigenvalue weighted by molar-refractivity contribution is -0.202. The van der Waals surface area contributed by atoms with E-state index < -0.39 is 55.2 Å². The second-order valence-electron chi connectivity index (χ2n) is 4.74. The molecule has 0 aromatic heterocycles. The number of ether oxygens (including phenoxy) is 1. The van der Waals surface area contributed by atoms with Crippen LogP contribution < -0.4 is 0 Å². The number of nitrogens with zero attached hydrogens (tertiary/aromatic N) is 1. The van der Waals surface area contributed by atoms with Gasteiger partial charge in [-0.2, -0.15) is 0 Å². The van der Waals surface area contributed by atoms with Crippen LogP contribution >= 0.6 is 11.6 Å². The van der Waals surface area contributed by atoms with Crippen molar-refractivity contribution in [1.29, 1.82) is 0 Å². The zero-order valence-corrected chi connectivity index (χ0v) is 11.2. The predicted molar refractivity (Wildman–Crippen MR) is 63.1 cm³/mol. The summed E-state index contributed by atoms with van der Waals surface area (Å²) in [6.07, 6.45) is -8.78. The number of alkyl halides is 2. The van der Waals surface area contributed by atoms with Crippen LogP contribution in [0.5, 0.6) is 0 Å². The van der Waals surface area contributed by atoms with E-state index in [0.717, 1.165) is 6.20 Å². The SMILES string of the molecule is O=C1CC(=O)N([C@@H]2O[C@@](CO)(C(F)F)[C@@H](O)[C@@H]2O)C=C1Cl. The van der Waals surface area contributed by atoms with Crippen molar-refractivity contribution in [2.45, 2.75) is 36.9 Å². The Labute approximate surface area is 122 Å². The molecule has 21 heavy (non-hydrogen) atoms. The first kappa shape index (κ1) is 16.2. The van der Waals surface area contributed by atoms with Crippen LogP contribution in [0.15, 0.2) is 11.2 Å². The molecule has 0 saturated carbocycles. The monoisotopic (exact) mass is 327 g/mol. The van der Waals surface area contributed by atoms with Crippen molar-refractivity contribution < 1.29 is 38.4 Å². The van der Waals surface area contributed by atoms with Gasteiger partial charge in [-0.15, -0.1) is 0 Å². The van der Waals surface area contributed by atoms with Gasteiger partial charge in [-0.05, 0) is 0 Å². The molecule has 7 nitrogen and oxygen atoms in total. The van der Waals surface area contributed by atoms with E-state index in [1.165, 1.54) is 0 Å². The zero-order chi connectivity index (χ0) is 15.9. The number of rotatable bonds is 3. The highest BCUT2D eigenvalue weighted by atomic mass is 35.5. The summed E-state index contributed by atoms with van der Waals surface area (Å²) in [5.41, 5.74) is -2.72. The van der Waals surface area contributed by atoms with Crippen molar-refractivity contribution in [2.24, 2.45) is 0 Å². The van der Waals surface area contributed by atoms with Gasteiger partial charge in [0.15, 0.2) is 17.6 Å². The summed E-state index contributed by atoms with van der Waals surface area (Å²) in [7, 11) is 0. The molecule has 1 fully saturated rings. The molecule has 0 unspecified atom stereocenters. The minimum atomic E-state index is -3.31. The number of aliphatic hydroxyl groups is 3. The maximum atomic E-state index is 13.0. The van der Waals surface area contributed by atoms with Crippen molar-refractivity contribution in [2.75, 3.05) is 6.61 Å². The number of Topliss-reactive ketones (excluding diaryl/α,β-unsaturated/α-hetero) is 1. The van der Waals surface area contributed by atoms with Gasteiger partial charge in [-0.25, -0.2) is 8.78 Å². The molecule has 0 bridgehead atoms. The van der Waals surface area contributed by atoms with Crippen LogP contribution in [0.3, 0.4) is 0 Å². The van der Waals surface area contributed by atoms with Crippen molar-refractivity contribution >= 4 is 23.3 Å².